The van der Waals surface area contributed by atoms with E-state index in [1.54, 1.807) is 0 Å². The lowest BCUT2D eigenvalue weighted by Gasteiger charge is -2.07. The lowest BCUT2D eigenvalue weighted by atomic mass is 10.1. The highest BCUT2D eigenvalue weighted by Crippen LogP contribution is 2.17. The van der Waals surface area contributed by atoms with E-state index in [1.807, 2.05) is 61.5 Å². The zero-order chi connectivity index (χ0) is 16.8. The van der Waals surface area contributed by atoms with Gasteiger partial charge in [-0.15, -0.1) is 10.2 Å². The van der Waals surface area contributed by atoms with Gasteiger partial charge in [0.25, 0.3) is 5.56 Å². The van der Waals surface area contributed by atoms with Gasteiger partial charge in [0.15, 0.2) is 0 Å². The molecule has 0 amide bonds. The molecule has 0 saturated heterocycles. The van der Waals surface area contributed by atoms with E-state index in [-0.39, 0.29) is 5.56 Å². The fourth-order valence-corrected chi connectivity index (χ4v) is 2.26. The minimum absolute atomic E-state index is 0.248. The third-order valence-corrected chi connectivity index (χ3v) is 3.41. The minimum atomic E-state index is -0.248. The predicted octanol–water partition coefficient (Wildman–Crippen LogP) is 2.90. The largest absolute Gasteiger partial charge is 0.494 e. The Hall–Kier alpha value is -3.15. The quantitative estimate of drug-likeness (QED) is 0.729. The molecular formula is C18H18N4O2. The van der Waals surface area contributed by atoms with Crippen LogP contribution in [0.5, 0.6) is 5.75 Å². The van der Waals surface area contributed by atoms with Crippen molar-refractivity contribution in [2.45, 2.75) is 13.3 Å². The van der Waals surface area contributed by atoms with Crippen LogP contribution in [-0.4, -0.2) is 21.8 Å². The Morgan fingerprint density at radius 3 is 2.46 bits per heavy atom. The molecule has 0 aliphatic carbocycles. The Morgan fingerprint density at radius 2 is 1.79 bits per heavy atom. The normalized spacial score (nSPS) is 10.4. The first kappa shape index (κ1) is 15.7. The van der Waals surface area contributed by atoms with Gasteiger partial charge < -0.3 is 10.1 Å². The van der Waals surface area contributed by atoms with Crippen molar-refractivity contribution >= 4 is 11.6 Å². The number of nitrogens with zero attached hydrogens (tertiary/aromatic N) is 2. The SMILES string of the molecule is CCOc1ccc(Nc2nnc(Cc3ccccc3)c(=O)[nH]2)cc1. The van der Waals surface area contributed by atoms with Gasteiger partial charge in [-0.2, -0.15) is 0 Å². The van der Waals surface area contributed by atoms with E-state index in [4.69, 9.17) is 4.74 Å². The first-order chi connectivity index (χ1) is 11.7. The van der Waals surface area contributed by atoms with Crippen molar-refractivity contribution in [3.05, 3.63) is 76.2 Å². The molecule has 3 rings (SSSR count). The van der Waals surface area contributed by atoms with Crippen molar-refractivity contribution in [1.29, 1.82) is 0 Å². The standard InChI is InChI=1S/C18H18N4O2/c1-2-24-15-10-8-14(9-11-15)19-18-20-17(23)16(21-22-18)12-13-6-4-3-5-7-13/h3-11H,2,12H2,1H3,(H2,19,20,22,23). The molecular weight excluding hydrogens is 304 g/mol. The fourth-order valence-electron chi connectivity index (χ4n) is 2.26. The van der Waals surface area contributed by atoms with E-state index in [2.05, 4.69) is 20.5 Å². The molecule has 0 aliphatic rings. The van der Waals surface area contributed by atoms with Crippen LogP contribution in [0.3, 0.4) is 0 Å². The fraction of sp³-hybridized carbons (Fsp3) is 0.167. The molecule has 6 heteroatoms. The second-order valence-electron chi connectivity index (χ2n) is 5.19. The first-order valence-corrected chi connectivity index (χ1v) is 7.74. The summed E-state index contributed by atoms with van der Waals surface area (Å²) in [6.45, 7) is 2.55. The Balaban J connectivity index is 1.71. The lowest BCUT2D eigenvalue weighted by molar-refractivity contribution is 0.340. The zero-order valence-electron chi connectivity index (χ0n) is 13.3. The number of hydrogen-bond acceptors (Lipinski definition) is 5. The highest BCUT2D eigenvalue weighted by molar-refractivity contribution is 5.54. The maximum absolute atomic E-state index is 12.2. The summed E-state index contributed by atoms with van der Waals surface area (Å²) in [5.41, 5.74) is 1.95. The molecule has 0 fully saturated rings. The highest BCUT2D eigenvalue weighted by atomic mass is 16.5. The van der Waals surface area contributed by atoms with Crippen LogP contribution in [0, 0.1) is 0 Å². The summed E-state index contributed by atoms with van der Waals surface area (Å²) in [5, 5.41) is 11.1. The van der Waals surface area contributed by atoms with Crippen LogP contribution in [-0.2, 0) is 6.42 Å². The molecule has 0 aliphatic heterocycles. The van der Waals surface area contributed by atoms with E-state index in [0.717, 1.165) is 17.0 Å². The van der Waals surface area contributed by atoms with Gasteiger partial charge in [0.05, 0.1) is 6.61 Å². The van der Waals surface area contributed by atoms with E-state index < -0.39 is 0 Å². The van der Waals surface area contributed by atoms with Crippen LogP contribution in [0.1, 0.15) is 18.2 Å². The van der Waals surface area contributed by atoms with Gasteiger partial charge in [0.2, 0.25) is 5.95 Å². The number of H-pyrrole nitrogens is 1. The Labute approximate surface area is 139 Å². The average molecular weight is 322 g/mol. The number of aromatic nitrogens is 3. The van der Waals surface area contributed by atoms with Crippen LogP contribution in [0.15, 0.2) is 59.4 Å². The molecule has 0 spiro atoms. The molecule has 0 atom stereocenters. The summed E-state index contributed by atoms with van der Waals surface area (Å²) in [6, 6.07) is 17.1. The molecule has 6 nitrogen and oxygen atoms in total. The van der Waals surface area contributed by atoms with Gasteiger partial charge in [-0.1, -0.05) is 30.3 Å². The molecule has 24 heavy (non-hydrogen) atoms. The smallest absolute Gasteiger partial charge is 0.274 e. The minimum Gasteiger partial charge on any atom is -0.494 e. The monoisotopic (exact) mass is 322 g/mol. The third-order valence-electron chi connectivity index (χ3n) is 3.41. The van der Waals surface area contributed by atoms with E-state index in [9.17, 15) is 4.79 Å². The van der Waals surface area contributed by atoms with Crippen LogP contribution in [0.25, 0.3) is 0 Å². The number of hydrogen-bond donors (Lipinski definition) is 2. The van der Waals surface area contributed by atoms with Crippen molar-refractivity contribution in [2.75, 3.05) is 11.9 Å². The number of rotatable bonds is 6. The summed E-state index contributed by atoms with van der Waals surface area (Å²) in [7, 11) is 0. The number of aromatic amines is 1. The van der Waals surface area contributed by atoms with E-state index >= 15 is 0 Å². The second kappa shape index (κ2) is 7.41. The van der Waals surface area contributed by atoms with Crippen LogP contribution in [0.2, 0.25) is 0 Å². The molecule has 2 N–H and O–H groups in total. The summed E-state index contributed by atoms with van der Waals surface area (Å²) < 4.78 is 5.39. The van der Waals surface area contributed by atoms with Gasteiger partial charge in [-0.3, -0.25) is 9.78 Å². The van der Waals surface area contributed by atoms with E-state index in [0.29, 0.717) is 24.7 Å². The van der Waals surface area contributed by atoms with Gasteiger partial charge in [0, 0.05) is 12.1 Å². The van der Waals surface area contributed by atoms with Crippen LogP contribution >= 0.6 is 0 Å². The molecule has 1 aromatic heterocycles. The Bertz CT molecular complexity index is 845. The van der Waals surface area contributed by atoms with Crippen molar-refractivity contribution in [2.24, 2.45) is 0 Å². The third kappa shape index (κ3) is 3.98. The van der Waals surface area contributed by atoms with Crippen molar-refractivity contribution in [1.82, 2.24) is 15.2 Å². The molecule has 2 aromatic carbocycles. The van der Waals surface area contributed by atoms with Gasteiger partial charge in [-0.25, -0.2) is 0 Å². The number of nitrogens with one attached hydrogen (secondary N) is 2. The zero-order valence-corrected chi connectivity index (χ0v) is 13.3. The summed E-state index contributed by atoms with van der Waals surface area (Å²) >= 11 is 0. The van der Waals surface area contributed by atoms with Crippen molar-refractivity contribution in [3.8, 4) is 5.75 Å². The number of anilines is 2. The average Bonchev–Trinajstić information content (AvgIpc) is 2.60. The van der Waals surface area contributed by atoms with Crippen molar-refractivity contribution in [3.63, 3.8) is 0 Å². The van der Waals surface area contributed by atoms with Crippen LogP contribution < -0.4 is 15.6 Å². The van der Waals surface area contributed by atoms with Gasteiger partial charge in [-0.05, 0) is 36.8 Å². The molecule has 0 radical (unpaired) electrons. The molecule has 1 heterocycles. The summed E-state index contributed by atoms with van der Waals surface area (Å²) in [5.74, 6) is 1.10. The second-order valence-corrected chi connectivity index (χ2v) is 5.19. The maximum Gasteiger partial charge on any atom is 0.274 e. The number of benzene rings is 2. The highest BCUT2D eigenvalue weighted by Gasteiger charge is 2.06. The molecule has 122 valence electrons. The first-order valence-electron chi connectivity index (χ1n) is 7.74. The molecule has 3 aromatic rings. The van der Waals surface area contributed by atoms with Crippen LogP contribution in [0.4, 0.5) is 11.6 Å². The van der Waals surface area contributed by atoms with E-state index in [1.165, 1.54) is 0 Å². The van der Waals surface area contributed by atoms with Gasteiger partial charge in [0.1, 0.15) is 11.4 Å². The number of ether oxygens (including phenoxy) is 1. The van der Waals surface area contributed by atoms with Gasteiger partial charge >= 0.3 is 0 Å². The topological polar surface area (TPSA) is 79.9 Å². The summed E-state index contributed by atoms with van der Waals surface area (Å²) in [4.78, 5) is 14.9. The maximum atomic E-state index is 12.2. The molecule has 0 unspecified atom stereocenters. The lowest BCUT2D eigenvalue weighted by Crippen LogP contribution is -2.18. The Kier molecular flexibility index (Phi) is 4.86. The predicted molar refractivity (Wildman–Crippen MR) is 92.8 cm³/mol. The molecule has 0 saturated carbocycles. The molecule has 0 bridgehead atoms. The van der Waals surface area contributed by atoms with Crippen molar-refractivity contribution < 1.29 is 4.74 Å². The summed E-state index contributed by atoms with van der Waals surface area (Å²) in [6.07, 6.45) is 0.451. The Morgan fingerprint density at radius 1 is 1.04 bits per heavy atom.